The minimum Gasteiger partial charge on any atom is -0.456 e. The summed E-state index contributed by atoms with van der Waals surface area (Å²) in [4.78, 5) is 2.27. The van der Waals surface area contributed by atoms with Crippen LogP contribution in [0, 0.1) is 0 Å². The van der Waals surface area contributed by atoms with E-state index in [-0.39, 0.29) is 0 Å². The molecule has 3 heteroatoms. The Balaban J connectivity index is 1.44. The second-order valence-electron chi connectivity index (χ2n) is 7.99. The Morgan fingerprint density at radius 2 is 1.09 bits per heavy atom. The lowest BCUT2D eigenvalue weighted by molar-refractivity contribution is 0.669. The minimum absolute atomic E-state index is 0.869. The van der Waals surface area contributed by atoms with Crippen LogP contribution in [0.4, 0.5) is 28.4 Å². The molecule has 1 heterocycles. The zero-order valence-corrected chi connectivity index (χ0v) is 18.0. The minimum atomic E-state index is 0.869. The fourth-order valence-electron chi connectivity index (χ4n) is 4.27. The van der Waals surface area contributed by atoms with Crippen molar-refractivity contribution >= 4 is 50.4 Å². The molecule has 0 amide bonds. The molecule has 3 nitrogen and oxygen atoms in total. The number of fused-ring (bicyclic) bond motifs is 3. The Bertz CT molecular complexity index is 1480. The van der Waals surface area contributed by atoms with E-state index in [1.807, 2.05) is 30.3 Å². The predicted molar refractivity (Wildman–Crippen MR) is 138 cm³/mol. The van der Waals surface area contributed by atoms with E-state index in [4.69, 9.17) is 4.42 Å². The first kappa shape index (κ1) is 19.2. The number of furan rings is 1. The van der Waals surface area contributed by atoms with Crippen LogP contribution in [0.2, 0.25) is 0 Å². The van der Waals surface area contributed by atoms with Gasteiger partial charge < -0.3 is 14.6 Å². The Morgan fingerprint density at radius 3 is 1.76 bits per heavy atom. The molecule has 158 valence electrons. The molecule has 0 bridgehead atoms. The second-order valence-corrected chi connectivity index (χ2v) is 7.99. The zero-order valence-electron chi connectivity index (χ0n) is 18.0. The highest BCUT2D eigenvalue weighted by molar-refractivity contribution is 6.07. The molecule has 0 spiro atoms. The fourth-order valence-corrected chi connectivity index (χ4v) is 4.27. The van der Waals surface area contributed by atoms with Crippen molar-refractivity contribution in [3.63, 3.8) is 0 Å². The SMILES string of the molecule is c1ccc(Nc2ccc3c(c2)oc2ccc(N(c4ccccc4)c4ccccc4)cc23)cc1. The largest absolute Gasteiger partial charge is 0.456 e. The van der Waals surface area contributed by atoms with Crippen LogP contribution in [-0.2, 0) is 0 Å². The summed E-state index contributed by atoms with van der Waals surface area (Å²) >= 11 is 0. The highest BCUT2D eigenvalue weighted by Gasteiger charge is 2.15. The lowest BCUT2D eigenvalue weighted by Crippen LogP contribution is -2.09. The lowest BCUT2D eigenvalue weighted by Gasteiger charge is -2.25. The van der Waals surface area contributed by atoms with E-state index >= 15 is 0 Å². The van der Waals surface area contributed by atoms with E-state index in [1.165, 1.54) is 0 Å². The van der Waals surface area contributed by atoms with Crippen molar-refractivity contribution in [3.8, 4) is 0 Å². The number of nitrogens with zero attached hydrogens (tertiary/aromatic N) is 1. The Morgan fingerprint density at radius 1 is 0.455 bits per heavy atom. The zero-order chi connectivity index (χ0) is 22.0. The summed E-state index contributed by atoms with van der Waals surface area (Å²) in [5.74, 6) is 0. The van der Waals surface area contributed by atoms with E-state index in [2.05, 4.69) is 107 Å². The maximum absolute atomic E-state index is 6.22. The van der Waals surface area contributed by atoms with Crippen molar-refractivity contribution in [2.24, 2.45) is 0 Å². The molecule has 0 aliphatic carbocycles. The van der Waals surface area contributed by atoms with Crippen LogP contribution in [0.25, 0.3) is 21.9 Å². The average Bonchev–Trinajstić information content (AvgIpc) is 3.23. The van der Waals surface area contributed by atoms with Gasteiger partial charge in [0.1, 0.15) is 11.2 Å². The second kappa shape index (κ2) is 8.21. The molecule has 0 saturated heterocycles. The van der Waals surface area contributed by atoms with Crippen LogP contribution in [0.5, 0.6) is 0 Å². The van der Waals surface area contributed by atoms with Gasteiger partial charge in [-0.15, -0.1) is 0 Å². The first-order valence-electron chi connectivity index (χ1n) is 11.0. The van der Waals surface area contributed by atoms with Crippen LogP contribution in [0.15, 0.2) is 132 Å². The summed E-state index contributed by atoms with van der Waals surface area (Å²) in [6.45, 7) is 0. The third-order valence-corrected chi connectivity index (χ3v) is 5.80. The summed E-state index contributed by atoms with van der Waals surface area (Å²) < 4.78 is 6.22. The topological polar surface area (TPSA) is 28.4 Å². The van der Waals surface area contributed by atoms with Gasteiger partial charge in [0.15, 0.2) is 0 Å². The van der Waals surface area contributed by atoms with Gasteiger partial charge in [-0.1, -0.05) is 54.6 Å². The maximum Gasteiger partial charge on any atom is 0.137 e. The molecule has 6 rings (SSSR count). The van der Waals surface area contributed by atoms with Crippen LogP contribution >= 0.6 is 0 Å². The smallest absolute Gasteiger partial charge is 0.137 e. The predicted octanol–water partition coefficient (Wildman–Crippen LogP) is 8.80. The fraction of sp³-hybridized carbons (Fsp3) is 0. The number of hydrogen-bond acceptors (Lipinski definition) is 3. The van der Waals surface area contributed by atoms with Gasteiger partial charge in [0.05, 0.1) is 0 Å². The summed E-state index contributed by atoms with van der Waals surface area (Å²) in [5, 5.41) is 5.65. The van der Waals surface area contributed by atoms with Crippen LogP contribution < -0.4 is 10.2 Å². The van der Waals surface area contributed by atoms with Gasteiger partial charge in [0.2, 0.25) is 0 Å². The number of nitrogens with one attached hydrogen (secondary N) is 1. The third kappa shape index (κ3) is 3.70. The van der Waals surface area contributed by atoms with Crippen LogP contribution in [0.1, 0.15) is 0 Å². The van der Waals surface area contributed by atoms with Gasteiger partial charge in [-0.05, 0) is 66.7 Å². The van der Waals surface area contributed by atoms with Gasteiger partial charge in [0.25, 0.3) is 0 Å². The van der Waals surface area contributed by atoms with Gasteiger partial charge in [-0.25, -0.2) is 0 Å². The first-order valence-corrected chi connectivity index (χ1v) is 11.0. The molecule has 0 fully saturated rings. The molecule has 33 heavy (non-hydrogen) atoms. The molecule has 0 unspecified atom stereocenters. The van der Waals surface area contributed by atoms with Crippen molar-refractivity contribution in [1.29, 1.82) is 0 Å². The highest BCUT2D eigenvalue weighted by atomic mass is 16.3. The number of benzene rings is 5. The maximum atomic E-state index is 6.22. The monoisotopic (exact) mass is 426 g/mol. The van der Waals surface area contributed by atoms with E-state index in [1.54, 1.807) is 0 Å². The number of rotatable bonds is 5. The van der Waals surface area contributed by atoms with Gasteiger partial charge in [-0.2, -0.15) is 0 Å². The van der Waals surface area contributed by atoms with Crippen molar-refractivity contribution in [2.45, 2.75) is 0 Å². The van der Waals surface area contributed by atoms with Crippen molar-refractivity contribution in [3.05, 3.63) is 127 Å². The standard InChI is InChI=1S/C30H22N2O/c1-4-10-22(11-5-1)31-23-16-18-27-28-21-26(17-19-29(28)33-30(27)20-23)32(24-12-6-2-7-13-24)25-14-8-3-9-15-25/h1-21,31H. The molecule has 1 N–H and O–H groups in total. The Labute approximate surface area is 192 Å². The molecule has 0 radical (unpaired) electrons. The Hall–Kier alpha value is -4.50. The van der Waals surface area contributed by atoms with E-state index in [0.717, 1.165) is 50.4 Å². The van der Waals surface area contributed by atoms with Gasteiger partial charge in [0, 0.05) is 45.3 Å². The molecule has 1 aromatic heterocycles. The van der Waals surface area contributed by atoms with E-state index in [9.17, 15) is 0 Å². The molecule has 5 aromatic carbocycles. The van der Waals surface area contributed by atoms with Crippen LogP contribution in [-0.4, -0.2) is 0 Å². The van der Waals surface area contributed by atoms with Crippen molar-refractivity contribution < 1.29 is 4.42 Å². The molecule has 0 saturated carbocycles. The molecule has 0 aliphatic rings. The number of para-hydroxylation sites is 3. The molecular weight excluding hydrogens is 404 g/mol. The van der Waals surface area contributed by atoms with E-state index < -0.39 is 0 Å². The quantitative estimate of drug-likeness (QED) is 0.298. The lowest BCUT2D eigenvalue weighted by atomic mass is 10.1. The summed E-state index contributed by atoms with van der Waals surface area (Å²) in [7, 11) is 0. The van der Waals surface area contributed by atoms with Crippen molar-refractivity contribution in [2.75, 3.05) is 10.2 Å². The van der Waals surface area contributed by atoms with Crippen LogP contribution in [0.3, 0.4) is 0 Å². The van der Waals surface area contributed by atoms with Gasteiger partial charge in [-0.3, -0.25) is 0 Å². The highest BCUT2D eigenvalue weighted by Crippen LogP contribution is 2.38. The normalized spacial score (nSPS) is 11.0. The number of anilines is 5. The summed E-state index contributed by atoms with van der Waals surface area (Å²) in [5.41, 5.74) is 7.13. The number of hydrogen-bond donors (Lipinski definition) is 1. The average molecular weight is 427 g/mol. The molecule has 0 aliphatic heterocycles. The third-order valence-electron chi connectivity index (χ3n) is 5.80. The molecule has 6 aromatic rings. The van der Waals surface area contributed by atoms with E-state index in [0.29, 0.717) is 0 Å². The summed E-state index contributed by atoms with van der Waals surface area (Å²) in [6, 6.07) is 43.7. The Kier molecular flexibility index (Phi) is 4.78. The first-order chi connectivity index (χ1) is 16.3. The molecule has 0 atom stereocenters. The summed E-state index contributed by atoms with van der Waals surface area (Å²) in [6.07, 6.45) is 0. The molecular formula is C30H22N2O. The van der Waals surface area contributed by atoms with Gasteiger partial charge >= 0.3 is 0 Å². The van der Waals surface area contributed by atoms with Crippen molar-refractivity contribution in [1.82, 2.24) is 0 Å².